The van der Waals surface area contributed by atoms with Crippen LogP contribution in [0.25, 0.3) is 0 Å². The minimum Gasteiger partial charge on any atom is -0.384 e. The Morgan fingerprint density at radius 1 is 1.43 bits per heavy atom. The van der Waals surface area contributed by atoms with E-state index in [4.69, 9.17) is 4.74 Å². The van der Waals surface area contributed by atoms with Gasteiger partial charge in [0.05, 0.1) is 18.5 Å². The molecule has 0 saturated carbocycles. The van der Waals surface area contributed by atoms with Crippen LogP contribution in [0.1, 0.15) is 17.4 Å². The maximum absolute atomic E-state index is 11.9. The highest BCUT2D eigenvalue weighted by molar-refractivity contribution is 5.75. The Balaban J connectivity index is 1.90. The molecule has 0 aliphatic carbocycles. The Hall–Kier alpha value is -2.25. The van der Waals surface area contributed by atoms with E-state index in [1.807, 2.05) is 30.3 Å². The van der Waals surface area contributed by atoms with Crippen LogP contribution in [0.5, 0.6) is 0 Å². The number of rotatable bonds is 7. The van der Waals surface area contributed by atoms with E-state index in [-0.39, 0.29) is 19.1 Å². The fourth-order valence-electron chi connectivity index (χ4n) is 1.88. The van der Waals surface area contributed by atoms with Gasteiger partial charge in [-0.05, 0) is 5.56 Å². The molecule has 2 N–H and O–H groups in total. The molecule has 1 aromatic carbocycles. The summed E-state index contributed by atoms with van der Waals surface area (Å²) in [4.78, 5) is 11.9. The lowest BCUT2D eigenvalue weighted by Crippen LogP contribution is -2.29. The second-order valence-corrected chi connectivity index (χ2v) is 4.55. The number of nitrogens with zero attached hydrogens (tertiary/aromatic N) is 3. The van der Waals surface area contributed by atoms with Gasteiger partial charge in [0.2, 0.25) is 5.91 Å². The van der Waals surface area contributed by atoms with Gasteiger partial charge in [-0.3, -0.25) is 4.79 Å². The highest BCUT2D eigenvalue weighted by Crippen LogP contribution is 2.10. The van der Waals surface area contributed by atoms with Crippen LogP contribution in [0.3, 0.4) is 0 Å². The van der Waals surface area contributed by atoms with Gasteiger partial charge in [-0.25, -0.2) is 4.68 Å². The molecule has 2 aromatic rings. The van der Waals surface area contributed by atoms with Crippen LogP contribution in [0.4, 0.5) is 0 Å². The van der Waals surface area contributed by atoms with Gasteiger partial charge in [0, 0.05) is 13.7 Å². The van der Waals surface area contributed by atoms with Crippen LogP contribution in [-0.2, 0) is 22.6 Å². The minimum atomic E-state index is -0.855. The Labute approximate surface area is 122 Å². The van der Waals surface area contributed by atoms with E-state index in [2.05, 4.69) is 15.6 Å². The van der Waals surface area contributed by atoms with Crippen LogP contribution in [0.15, 0.2) is 36.5 Å². The third kappa shape index (κ3) is 4.37. The first-order valence-corrected chi connectivity index (χ1v) is 6.56. The molecule has 0 aliphatic rings. The Morgan fingerprint density at radius 2 is 2.19 bits per heavy atom. The number of aromatic nitrogens is 3. The Kier molecular flexibility index (Phi) is 5.42. The molecule has 21 heavy (non-hydrogen) atoms. The second-order valence-electron chi connectivity index (χ2n) is 4.55. The van der Waals surface area contributed by atoms with Gasteiger partial charge in [0.1, 0.15) is 12.6 Å². The van der Waals surface area contributed by atoms with Crippen molar-refractivity contribution in [1.82, 2.24) is 20.3 Å². The summed E-state index contributed by atoms with van der Waals surface area (Å²) in [6, 6.07) is 9.62. The number of carbonyl (C=O) groups excluding carboxylic acids is 1. The summed E-state index contributed by atoms with van der Waals surface area (Å²) in [5.41, 5.74) is 1.47. The molecule has 0 fully saturated rings. The largest absolute Gasteiger partial charge is 0.384 e. The van der Waals surface area contributed by atoms with Crippen molar-refractivity contribution in [3.63, 3.8) is 0 Å². The molecule has 1 heterocycles. The van der Waals surface area contributed by atoms with Gasteiger partial charge < -0.3 is 15.2 Å². The summed E-state index contributed by atoms with van der Waals surface area (Å²) in [5, 5.41) is 20.2. The monoisotopic (exact) mass is 290 g/mol. The van der Waals surface area contributed by atoms with Gasteiger partial charge >= 0.3 is 0 Å². The van der Waals surface area contributed by atoms with Gasteiger partial charge in [0.25, 0.3) is 0 Å². The van der Waals surface area contributed by atoms with Gasteiger partial charge in [0.15, 0.2) is 0 Å². The summed E-state index contributed by atoms with van der Waals surface area (Å²) in [5.74, 6) is -0.199. The Bertz CT molecular complexity index is 571. The van der Waals surface area contributed by atoms with Crippen LogP contribution in [0, 0.1) is 0 Å². The molecule has 7 nitrogen and oxygen atoms in total. The third-order valence-corrected chi connectivity index (χ3v) is 2.94. The van der Waals surface area contributed by atoms with Crippen molar-refractivity contribution in [3.8, 4) is 0 Å². The molecule has 0 radical (unpaired) electrons. The number of aliphatic hydroxyl groups excluding tert-OH is 1. The number of benzene rings is 1. The number of carbonyl (C=O) groups is 1. The fourth-order valence-corrected chi connectivity index (χ4v) is 1.88. The zero-order valence-corrected chi connectivity index (χ0v) is 11.8. The van der Waals surface area contributed by atoms with E-state index < -0.39 is 6.10 Å². The summed E-state index contributed by atoms with van der Waals surface area (Å²) in [6.45, 7) is 0.576. The molecule has 2 rings (SSSR count). The highest BCUT2D eigenvalue weighted by Gasteiger charge is 2.15. The van der Waals surface area contributed by atoms with Crippen LogP contribution in [-0.4, -0.2) is 39.7 Å². The molecule has 0 aliphatic heterocycles. The van der Waals surface area contributed by atoms with Gasteiger partial charge in [-0.15, -0.1) is 5.10 Å². The average Bonchev–Trinajstić information content (AvgIpc) is 2.95. The van der Waals surface area contributed by atoms with E-state index in [1.165, 1.54) is 18.0 Å². The van der Waals surface area contributed by atoms with E-state index in [0.717, 1.165) is 5.56 Å². The first kappa shape index (κ1) is 15.1. The molecule has 112 valence electrons. The van der Waals surface area contributed by atoms with Crippen LogP contribution < -0.4 is 5.32 Å². The lowest BCUT2D eigenvalue weighted by Gasteiger charge is -2.11. The fraction of sp³-hybridized carbons (Fsp3) is 0.357. The standard InChI is InChI=1S/C14H18N4O3/c1-21-10-13(19)12-8-16-17-18(12)9-14(20)15-7-11-5-3-2-4-6-11/h2-6,8,13,19H,7,9-10H2,1H3,(H,15,20)/t13-/m0/s1. The number of aliphatic hydroxyl groups is 1. The second kappa shape index (κ2) is 7.51. The van der Waals surface area contributed by atoms with Crippen molar-refractivity contribution >= 4 is 5.91 Å². The minimum absolute atomic E-state index is 0.00292. The molecule has 0 bridgehead atoms. The molecule has 0 spiro atoms. The van der Waals surface area contributed by atoms with Crippen molar-refractivity contribution in [2.24, 2.45) is 0 Å². The van der Waals surface area contributed by atoms with E-state index in [1.54, 1.807) is 0 Å². The predicted molar refractivity (Wildman–Crippen MR) is 75.1 cm³/mol. The Morgan fingerprint density at radius 3 is 2.90 bits per heavy atom. The number of amides is 1. The van der Waals surface area contributed by atoms with Crippen molar-refractivity contribution < 1.29 is 14.6 Å². The maximum Gasteiger partial charge on any atom is 0.242 e. The summed E-state index contributed by atoms with van der Waals surface area (Å²) >= 11 is 0. The predicted octanol–water partition coefficient (Wildman–Crippen LogP) is 0.274. The third-order valence-electron chi connectivity index (χ3n) is 2.94. The molecule has 1 atom stereocenters. The quantitative estimate of drug-likeness (QED) is 0.764. The normalized spacial score (nSPS) is 12.1. The summed E-state index contributed by atoms with van der Waals surface area (Å²) < 4.78 is 6.24. The average molecular weight is 290 g/mol. The van der Waals surface area contributed by atoms with E-state index in [0.29, 0.717) is 12.2 Å². The maximum atomic E-state index is 11.9. The smallest absolute Gasteiger partial charge is 0.242 e. The van der Waals surface area contributed by atoms with Crippen LogP contribution >= 0.6 is 0 Å². The topological polar surface area (TPSA) is 89.3 Å². The number of hydrogen-bond acceptors (Lipinski definition) is 5. The zero-order valence-electron chi connectivity index (χ0n) is 11.8. The van der Waals surface area contributed by atoms with Crippen molar-refractivity contribution in [1.29, 1.82) is 0 Å². The van der Waals surface area contributed by atoms with Crippen molar-refractivity contribution in [2.75, 3.05) is 13.7 Å². The first-order valence-electron chi connectivity index (χ1n) is 6.56. The van der Waals surface area contributed by atoms with Gasteiger partial charge in [-0.1, -0.05) is 35.5 Å². The number of nitrogens with one attached hydrogen (secondary N) is 1. The number of methoxy groups -OCH3 is 1. The molecule has 7 heteroatoms. The molecule has 1 amide bonds. The van der Waals surface area contributed by atoms with Gasteiger partial charge in [-0.2, -0.15) is 0 Å². The van der Waals surface area contributed by atoms with E-state index in [9.17, 15) is 9.90 Å². The van der Waals surface area contributed by atoms with Crippen molar-refractivity contribution in [2.45, 2.75) is 19.2 Å². The highest BCUT2D eigenvalue weighted by atomic mass is 16.5. The molecular weight excluding hydrogens is 272 g/mol. The lowest BCUT2D eigenvalue weighted by atomic mass is 10.2. The van der Waals surface area contributed by atoms with Crippen LogP contribution in [0.2, 0.25) is 0 Å². The van der Waals surface area contributed by atoms with Crippen molar-refractivity contribution in [3.05, 3.63) is 47.8 Å². The number of ether oxygens (including phenoxy) is 1. The number of hydrogen-bond donors (Lipinski definition) is 2. The zero-order chi connectivity index (χ0) is 15.1. The summed E-state index contributed by atoms with van der Waals surface area (Å²) in [6.07, 6.45) is 0.570. The summed E-state index contributed by atoms with van der Waals surface area (Å²) in [7, 11) is 1.49. The molecule has 0 saturated heterocycles. The lowest BCUT2D eigenvalue weighted by molar-refractivity contribution is -0.122. The molecular formula is C14H18N4O3. The molecule has 1 aromatic heterocycles. The SMILES string of the molecule is COC[C@H](O)c1cnnn1CC(=O)NCc1ccccc1. The van der Waals surface area contributed by atoms with E-state index >= 15 is 0 Å². The first-order chi connectivity index (χ1) is 10.2. The molecule has 0 unspecified atom stereocenters.